The van der Waals surface area contributed by atoms with Crippen molar-refractivity contribution in [3.8, 4) is 0 Å². The van der Waals surface area contributed by atoms with Crippen molar-refractivity contribution >= 4 is 29.6 Å². The highest BCUT2D eigenvalue weighted by Crippen LogP contribution is 2.22. The van der Waals surface area contributed by atoms with Gasteiger partial charge in [-0.05, 0) is 18.4 Å². The molecular weight excluding hydrogens is 195 g/mol. The van der Waals surface area contributed by atoms with Crippen molar-refractivity contribution in [3.05, 3.63) is 12.7 Å². The van der Waals surface area contributed by atoms with Gasteiger partial charge in [-0.1, -0.05) is 25.8 Å². The molecule has 0 rings (SSSR count). The zero-order valence-corrected chi connectivity index (χ0v) is 9.69. The van der Waals surface area contributed by atoms with Crippen LogP contribution in [0.4, 0.5) is 0 Å². The van der Waals surface area contributed by atoms with Gasteiger partial charge < -0.3 is 0 Å². The van der Waals surface area contributed by atoms with Gasteiger partial charge in [0.25, 0.3) is 0 Å². The maximum atomic E-state index is 5.83. The van der Waals surface area contributed by atoms with Gasteiger partial charge in [-0.25, -0.2) is 0 Å². The summed E-state index contributed by atoms with van der Waals surface area (Å²) in [6, 6.07) is 0. The Morgan fingerprint density at radius 1 is 1.45 bits per heavy atom. The average Bonchev–Trinajstić information content (AvgIpc) is 1.97. The number of unbranched alkanes of at least 4 members (excludes halogenated alkanes) is 2. The van der Waals surface area contributed by atoms with Crippen LogP contribution in [0, 0.1) is 0 Å². The van der Waals surface area contributed by atoms with E-state index in [9.17, 15) is 0 Å². The van der Waals surface area contributed by atoms with E-state index in [-0.39, 0.29) is 0 Å². The largest absolute Gasteiger partial charge is 0.239 e. The maximum absolute atomic E-state index is 5.83. The van der Waals surface area contributed by atoms with E-state index in [0.717, 1.165) is 6.42 Å². The molecule has 0 aromatic heterocycles. The fourth-order valence-corrected chi connectivity index (χ4v) is 2.12. The van der Waals surface area contributed by atoms with Crippen molar-refractivity contribution in [2.75, 3.05) is 0 Å². The molecule has 0 N–H and O–H groups in total. The van der Waals surface area contributed by atoms with Crippen LogP contribution in [0.15, 0.2) is 12.7 Å². The van der Waals surface area contributed by atoms with Crippen LogP contribution in [-0.2, 0) is 0 Å². The number of allylic oxidation sites excluding steroid dienone is 1. The van der Waals surface area contributed by atoms with Crippen molar-refractivity contribution in [2.24, 2.45) is 0 Å². The molecule has 1 unspecified atom stereocenters. The Balaban J connectivity index is 3.17. The van der Waals surface area contributed by atoms with E-state index in [0.29, 0.717) is 5.54 Å². The number of hydrogen-bond donors (Lipinski definition) is 0. The van der Waals surface area contributed by atoms with Crippen molar-refractivity contribution in [1.82, 2.24) is 0 Å². The SMILES string of the molecule is C=CCCCCC(C)[SiH](Cl)Cl. The molecule has 0 aromatic carbocycles. The van der Waals surface area contributed by atoms with E-state index < -0.39 is 7.42 Å². The van der Waals surface area contributed by atoms with Crippen LogP contribution in [0.3, 0.4) is 0 Å². The Morgan fingerprint density at radius 3 is 2.55 bits per heavy atom. The summed E-state index contributed by atoms with van der Waals surface area (Å²) in [5, 5.41) is 0. The van der Waals surface area contributed by atoms with Crippen LogP contribution in [-0.4, -0.2) is 7.42 Å². The average molecular weight is 211 g/mol. The second-order valence-electron chi connectivity index (χ2n) is 2.88. The van der Waals surface area contributed by atoms with Crippen LogP contribution in [0.25, 0.3) is 0 Å². The summed E-state index contributed by atoms with van der Waals surface area (Å²) in [5.74, 6) is 0. The molecule has 66 valence electrons. The van der Waals surface area contributed by atoms with E-state index in [1.165, 1.54) is 19.3 Å². The Morgan fingerprint density at radius 2 is 2.09 bits per heavy atom. The highest BCUT2D eigenvalue weighted by atomic mass is 35.7. The van der Waals surface area contributed by atoms with E-state index in [1.54, 1.807) is 0 Å². The predicted molar refractivity (Wildman–Crippen MR) is 56.9 cm³/mol. The van der Waals surface area contributed by atoms with Gasteiger partial charge in [0.05, 0.1) is 0 Å². The fourth-order valence-electron chi connectivity index (χ4n) is 0.881. The first-order valence-electron chi connectivity index (χ1n) is 4.07. The minimum Gasteiger partial charge on any atom is -0.150 e. The number of rotatable bonds is 6. The second kappa shape index (κ2) is 7.20. The van der Waals surface area contributed by atoms with Gasteiger partial charge in [0.2, 0.25) is 7.42 Å². The van der Waals surface area contributed by atoms with Crippen LogP contribution in [0.5, 0.6) is 0 Å². The minimum absolute atomic E-state index is 0.558. The van der Waals surface area contributed by atoms with Gasteiger partial charge in [0.15, 0.2) is 0 Å². The molecule has 0 aliphatic rings. The molecule has 0 saturated heterocycles. The number of halogens is 2. The lowest BCUT2D eigenvalue weighted by Gasteiger charge is -2.08. The van der Waals surface area contributed by atoms with Gasteiger partial charge >= 0.3 is 0 Å². The third-order valence-electron chi connectivity index (χ3n) is 1.75. The van der Waals surface area contributed by atoms with Crippen LogP contribution in [0.1, 0.15) is 32.6 Å². The first-order valence-corrected chi connectivity index (χ1v) is 8.23. The van der Waals surface area contributed by atoms with E-state index in [1.807, 2.05) is 6.08 Å². The lowest BCUT2D eigenvalue weighted by molar-refractivity contribution is 0.671. The quantitative estimate of drug-likeness (QED) is 0.271. The van der Waals surface area contributed by atoms with Gasteiger partial charge in [0, 0.05) is 0 Å². The maximum Gasteiger partial charge on any atom is 0.239 e. The van der Waals surface area contributed by atoms with Crippen LogP contribution < -0.4 is 0 Å². The predicted octanol–water partition coefficient (Wildman–Crippen LogP) is 3.82. The third kappa shape index (κ3) is 6.92. The second-order valence-corrected chi connectivity index (χ2v) is 8.18. The molecule has 0 aliphatic carbocycles. The minimum atomic E-state index is -1.40. The first kappa shape index (κ1) is 11.5. The van der Waals surface area contributed by atoms with Crippen LogP contribution in [0.2, 0.25) is 5.54 Å². The number of hydrogen-bond acceptors (Lipinski definition) is 0. The highest BCUT2D eigenvalue weighted by molar-refractivity contribution is 7.34. The van der Waals surface area contributed by atoms with E-state index in [4.69, 9.17) is 22.2 Å². The molecule has 0 heterocycles. The van der Waals surface area contributed by atoms with Gasteiger partial charge in [0.1, 0.15) is 0 Å². The van der Waals surface area contributed by atoms with Gasteiger partial charge in [-0.2, -0.15) is 22.2 Å². The molecule has 0 nitrogen and oxygen atoms in total. The lowest BCUT2D eigenvalue weighted by atomic mass is 10.1. The molecular formula is C8H16Cl2Si. The monoisotopic (exact) mass is 210 g/mol. The first-order chi connectivity index (χ1) is 5.18. The Labute approximate surface area is 80.6 Å². The lowest BCUT2D eigenvalue weighted by Crippen LogP contribution is -2.02. The van der Waals surface area contributed by atoms with E-state index >= 15 is 0 Å². The van der Waals surface area contributed by atoms with Crippen molar-refractivity contribution in [1.29, 1.82) is 0 Å². The molecule has 0 spiro atoms. The normalized spacial score (nSPS) is 13.5. The zero-order valence-electron chi connectivity index (χ0n) is 7.02. The summed E-state index contributed by atoms with van der Waals surface area (Å²) >= 11 is 11.7. The molecule has 0 bridgehead atoms. The van der Waals surface area contributed by atoms with E-state index in [2.05, 4.69) is 13.5 Å². The fraction of sp³-hybridized carbons (Fsp3) is 0.750. The third-order valence-corrected chi connectivity index (χ3v) is 5.52. The van der Waals surface area contributed by atoms with Gasteiger partial charge in [-0.3, -0.25) is 0 Å². The zero-order chi connectivity index (χ0) is 8.69. The Bertz CT molecular complexity index is 104. The molecule has 3 heteroatoms. The highest BCUT2D eigenvalue weighted by Gasteiger charge is 2.12. The van der Waals surface area contributed by atoms with Gasteiger partial charge in [-0.15, -0.1) is 6.58 Å². The molecule has 0 fully saturated rings. The standard InChI is InChI=1S/C8H16Cl2Si/c1-3-4-5-6-7-8(2)11(9)10/h3,8,11H,1,4-7H2,2H3. The topological polar surface area (TPSA) is 0 Å². The Hall–Kier alpha value is 0.537. The molecule has 11 heavy (non-hydrogen) atoms. The summed E-state index contributed by atoms with van der Waals surface area (Å²) in [7, 11) is -1.40. The summed E-state index contributed by atoms with van der Waals surface area (Å²) in [6.45, 7) is 5.81. The molecule has 0 radical (unpaired) electrons. The van der Waals surface area contributed by atoms with Crippen LogP contribution >= 0.6 is 22.2 Å². The summed E-state index contributed by atoms with van der Waals surface area (Å²) in [5.41, 5.74) is 0.558. The van der Waals surface area contributed by atoms with Crippen molar-refractivity contribution < 1.29 is 0 Å². The molecule has 0 amide bonds. The molecule has 0 aliphatic heterocycles. The smallest absolute Gasteiger partial charge is 0.150 e. The molecule has 1 atom stereocenters. The summed E-state index contributed by atoms with van der Waals surface area (Å²) < 4.78 is 0. The summed E-state index contributed by atoms with van der Waals surface area (Å²) in [4.78, 5) is 0. The Kier molecular flexibility index (Phi) is 7.55. The molecule has 0 saturated carbocycles. The van der Waals surface area contributed by atoms with Crippen molar-refractivity contribution in [3.63, 3.8) is 0 Å². The summed E-state index contributed by atoms with van der Waals surface area (Å²) in [6.07, 6.45) is 6.71. The molecule has 0 aromatic rings. The van der Waals surface area contributed by atoms with Crippen molar-refractivity contribution in [2.45, 2.75) is 38.1 Å².